The highest BCUT2D eigenvalue weighted by Gasteiger charge is 2.21. The highest BCUT2D eigenvalue weighted by molar-refractivity contribution is 6.30. The molecule has 0 saturated heterocycles. The maximum absolute atomic E-state index is 13.5. The second-order valence-electron chi connectivity index (χ2n) is 9.09. The Kier molecular flexibility index (Phi) is 7.75. The Balaban J connectivity index is 1.34. The summed E-state index contributed by atoms with van der Waals surface area (Å²) < 4.78 is 1.48. The molecule has 0 unspecified atom stereocenters. The lowest BCUT2D eigenvalue weighted by atomic mass is 9.96. The first-order valence-electron chi connectivity index (χ1n) is 12.3. The second kappa shape index (κ2) is 11.7. The number of hydrogen-bond acceptors (Lipinski definition) is 6. The number of ketones is 1. The first-order valence-corrected chi connectivity index (χ1v) is 12.7. The van der Waals surface area contributed by atoms with Gasteiger partial charge in [-0.15, -0.1) is 5.10 Å². The van der Waals surface area contributed by atoms with Crippen molar-refractivity contribution in [2.75, 3.05) is 5.32 Å². The smallest absolute Gasteiger partial charge is 0.244 e. The molecule has 1 aromatic heterocycles. The van der Waals surface area contributed by atoms with Gasteiger partial charge in [0.25, 0.3) is 0 Å². The summed E-state index contributed by atoms with van der Waals surface area (Å²) in [5.74, 6) is -0.488. The van der Waals surface area contributed by atoms with Crippen LogP contribution in [0.5, 0.6) is 0 Å². The summed E-state index contributed by atoms with van der Waals surface area (Å²) in [6, 6.07) is 19.9. The van der Waals surface area contributed by atoms with E-state index in [2.05, 4.69) is 32.7 Å². The third-order valence-electron chi connectivity index (χ3n) is 6.24. The number of carbonyl (C=O) groups excluding carboxylic acids is 2. The molecule has 2 heterocycles. The molecule has 0 radical (unpaired) electrons. The van der Waals surface area contributed by atoms with Crippen LogP contribution in [0.2, 0.25) is 5.02 Å². The molecule has 0 bridgehead atoms. The number of carbonyl (C=O) groups is 2. The zero-order valence-electron chi connectivity index (χ0n) is 20.9. The summed E-state index contributed by atoms with van der Waals surface area (Å²) in [5, 5.41) is 17.9. The van der Waals surface area contributed by atoms with E-state index in [9.17, 15) is 9.59 Å². The standard InChI is InChI=1S/C30H25ClN6O2/c1-20-7-9-23-15-22(8-12-26(23)33-20)17-29(38)27(16-21-5-3-2-4-6-21)34-30(39)14-10-24-18-25(31)11-13-28(24)37-19-32-35-36-37/h2-15,18-19,27,33H,1,16-17H2,(H,34,39)/b14-10+/t27-/m0/s1. The van der Waals surface area contributed by atoms with Gasteiger partial charge in [0.2, 0.25) is 5.91 Å². The highest BCUT2D eigenvalue weighted by atomic mass is 35.5. The van der Waals surface area contributed by atoms with Gasteiger partial charge in [0.1, 0.15) is 6.33 Å². The molecular formula is C30H25ClN6O2. The Morgan fingerprint density at radius 2 is 1.90 bits per heavy atom. The number of Topliss-reactive ketones (excluding diaryl/α,β-unsaturated/α-hetero) is 1. The first-order chi connectivity index (χ1) is 18.9. The maximum atomic E-state index is 13.5. The number of nitrogens with one attached hydrogen (secondary N) is 2. The van der Waals surface area contributed by atoms with Crippen molar-refractivity contribution in [3.63, 3.8) is 0 Å². The van der Waals surface area contributed by atoms with Crippen LogP contribution in [0, 0.1) is 0 Å². The lowest BCUT2D eigenvalue weighted by Gasteiger charge is -2.19. The Hall–Kier alpha value is -4.82. The molecule has 4 aromatic rings. The normalized spacial score (nSPS) is 13.1. The predicted molar refractivity (Wildman–Crippen MR) is 152 cm³/mol. The number of amides is 1. The van der Waals surface area contributed by atoms with Gasteiger partial charge in [-0.3, -0.25) is 9.59 Å². The quantitative estimate of drug-likeness (QED) is 0.297. The zero-order valence-corrected chi connectivity index (χ0v) is 21.7. The van der Waals surface area contributed by atoms with Crippen LogP contribution in [0.4, 0.5) is 5.69 Å². The van der Waals surface area contributed by atoms with Gasteiger partial charge in [0.05, 0.1) is 11.7 Å². The fourth-order valence-corrected chi connectivity index (χ4v) is 4.50. The number of rotatable bonds is 9. The van der Waals surface area contributed by atoms with E-state index >= 15 is 0 Å². The monoisotopic (exact) mass is 536 g/mol. The van der Waals surface area contributed by atoms with Gasteiger partial charge in [0.15, 0.2) is 5.78 Å². The molecule has 39 heavy (non-hydrogen) atoms. The number of halogens is 1. The summed E-state index contributed by atoms with van der Waals surface area (Å²) in [6.07, 6.45) is 8.88. The summed E-state index contributed by atoms with van der Waals surface area (Å²) in [6.45, 7) is 3.92. The minimum Gasteiger partial charge on any atom is -0.356 e. The van der Waals surface area contributed by atoms with Crippen molar-refractivity contribution in [3.05, 3.63) is 125 Å². The Labute approximate surface area is 230 Å². The van der Waals surface area contributed by atoms with E-state index in [1.54, 1.807) is 24.3 Å². The minimum atomic E-state index is -0.715. The molecule has 2 N–H and O–H groups in total. The number of hydrogen-bond donors (Lipinski definition) is 2. The molecule has 1 amide bonds. The van der Waals surface area contributed by atoms with E-state index in [4.69, 9.17) is 11.6 Å². The molecule has 0 fully saturated rings. The predicted octanol–water partition coefficient (Wildman–Crippen LogP) is 4.82. The van der Waals surface area contributed by atoms with E-state index in [0.717, 1.165) is 28.1 Å². The molecule has 0 saturated carbocycles. The fraction of sp³-hybridized carbons (Fsp3) is 0.100. The molecule has 9 heteroatoms. The van der Waals surface area contributed by atoms with Crippen molar-refractivity contribution in [2.45, 2.75) is 18.9 Å². The van der Waals surface area contributed by atoms with E-state index in [1.807, 2.05) is 60.7 Å². The summed E-state index contributed by atoms with van der Waals surface area (Å²) in [7, 11) is 0. The first kappa shape index (κ1) is 25.8. The number of fused-ring (bicyclic) bond motifs is 1. The van der Waals surface area contributed by atoms with Gasteiger partial charge in [0, 0.05) is 34.5 Å². The van der Waals surface area contributed by atoms with E-state index in [-0.39, 0.29) is 12.2 Å². The lowest BCUT2D eigenvalue weighted by Crippen LogP contribution is -2.42. The Bertz CT molecular complexity index is 1580. The largest absolute Gasteiger partial charge is 0.356 e. The third-order valence-corrected chi connectivity index (χ3v) is 6.48. The maximum Gasteiger partial charge on any atom is 0.244 e. The van der Waals surface area contributed by atoms with Gasteiger partial charge in [-0.2, -0.15) is 4.68 Å². The number of aromatic nitrogens is 4. The van der Waals surface area contributed by atoms with E-state index in [1.165, 1.54) is 17.1 Å². The second-order valence-corrected chi connectivity index (χ2v) is 9.53. The summed E-state index contributed by atoms with van der Waals surface area (Å²) >= 11 is 6.19. The zero-order chi connectivity index (χ0) is 27.2. The van der Waals surface area contributed by atoms with Gasteiger partial charge in [-0.1, -0.05) is 60.7 Å². The number of nitrogens with zero attached hydrogens (tertiary/aromatic N) is 4. The fourth-order valence-electron chi connectivity index (χ4n) is 4.32. The van der Waals surface area contributed by atoms with Crippen molar-refractivity contribution in [2.24, 2.45) is 0 Å². The van der Waals surface area contributed by atoms with Crippen LogP contribution in [-0.2, 0) is 22.4 Å². The van der Waals surface area contributed by atoms with E-state index < -0.39 is 11.9 Å². The molecule has 1 aliphatic heterocycles. The average molecular weight is 537 g/mol. The number of allylic oxidation sites excluding steroid dienone is 1. The topological polar surface area (TPSA) is 102 Å². The Morgan fingerprint density at radius 3 is 2.69 bits per heavy atom. The molecule has 8 nitrogen and oxygen atoms in total. The van der Waals surface area contributed by atoms with Crippen molar-refractivity contribution < 1.29 is 9.59 Å². The molecule has 5 rings (SSSR count). The van der Waals surface area contributed by atoms with Crippen LogP contribution >= 0.6 is 11.6 Å². The molecule has 0 spiro atoms. The summed E-state index contributed by atoms with van der Waals surface area (Å²) in [5.41, 5.74) is 5.86. The van der Waals surface area contributed by atoms with Crippen LogP contribution in [-0.4, -0.2) is 37.9 Å². The number of benzene rings is 3. The van der Waals surface area contributed by atoms with Crippen LogP contribution in [0.15, 0.2) is 97.5 Å². The SMILES string of the molecule is C=C1C=Cc2cc(CC(=O)[C@H](Cc3ccccc3)NC(=O)/C=C/c3cc(Cl)ccc3-n3cnnn3)ccc2N1. The van der Waals surface area contributed by atoms with Crippen LogP contribution in [0.3, 0.4) is 0 Å². The van der Waals surface area contributed by atoms with Crippen molar-refractivity contribution in [1.29, 1.82) is 0 Å². The molecule has 3 aromatic carbocycles. The molecule has 1 atom stereocenters. The van der Waals surface area contributed by atoms with Crippen molar-refractivity contribution in [1.82, 2.24) is 25.5 Å². The van der Waals surface area contributed by atoms with Gasteiger partial charge >= 0.3 is 0 Å². The van der Waals surface area contributed by atoms with Crippen LogP contribution in [0.25, 0.3) is 17.8 Å². The Morgan fingerprint density at radius 1 is 1.05 bits per heavy atom. The van der Waals surface area contributed by atoms with Crippen LogP contribution < -0.4 is 10.6 Å². The molecule has 1 aliphatic rings. The van der Waals surface area contributed by atoms with Crippen LogP contribution in [0.1, 0.15) is 22.3 Å². The number of tetrazole rings is 1. The number of anilines is 1. The van der Waals surface area contributed by atoms with Gasteiger partial charge in [-0.05, 0) is 76.0 Å². The molecular weight excluding hydrogens is 512 g/mol. The van der Waals surface area contributed by atoms with E-state index in [0.29, 0.717) is 22.7 Å². The average Bonchev–Trinajstić information content (AvgIpc) is 3.47. The minimum absolute atomic E-state index is 0.0881. The van der Waals surface area contributed by atoms with Gasteiger partial charge in [-0.25, -0.2) is 0 Å². The van der Waals surface area contributed by atoms with Gasteiger partial charge < -0.3 is 10.6 Å². The van der Waals surface area contributed by atoms with Crippen molar-refractivity contribution in [3.8, 4) is 5.69 Å². The third kappa shape index (κ3) is 6.55. The van der Waals surface area contributed by atoms with Crippen molar-refractivity contribution >= 4 is 41.1 Å². The summed E-state index contributed by atoms with van der Waals surface area (Å²) in [4.78, 5) is 26.5. The molecule has 194 valence electrons. The highest BCUT2D eigenvalue weighted by Crippen LogP contribution is 2.25. The lowest BCUT2D eigenvalue weighted by molar-refractivity contribution is -0.125. The molecule has 0 aliphatic carbocycles.